The fraction of sp³-hybridized carbons (Fsp3) is 0.500. The van der Waals surface area contributed by atoms with Crippen LogP contribution in [0.4, 0.5) is 5.82 Å². The third-order valence-corrected chi connectivity index (χ3v) is 4.28. The number of hydrogen-bond acceptors (Lipinski definition) is 8. The molecule has 0 spiro atoms. The molecule has 2 rings (SSSR count). The molecule has 22 heavy (non-hydrogen) atoms. The molecule has 122 valence electrons. The van der Waals surface area contributed by atoms with Gasteiger partial charge in [-0.15, -0.1) is 21.9 Å². The summed E-state index contributed by atoms with van der Waals surface area (Å²) in [7, 11) is 0. The minimum Gasteiger partial charge on any atom is -0.396 e. The second-order valence-electron chi connectivity index (χ2n) is 4.52. The highest BCUT2D eigenvalue weighted by molar-refractivity contribution is 8.03. The second kappa shape index (κ2) is 8.39. The minimum atomic E-state index is -1.50. The van der Waals surface area contributed by atoms with Gasteiger partial charge in [0.15, 0.2) is 0 Å². The molecule has 10 heteroatoms. The number of allylic oxidation sites excluding steroid dienone is 1. The monoisotopic (exact) mass is 329 g/mol. The van der Waals surface area contributed by atoms with Gasteiger partial charge < -0.3 is 20.9 Å². The number of thioether (sulfide) groups is 1. The van der Waals surface area contributed by atoms with Crippen molar-refractivity contribution in [2.45, 2.75) is 26.8 Å². The number of aryl methyl sites for hydroxylation is 1. The van der Waals surface area contributed by atoms with Crippen LogP contribution in [-0.4, -0.2) is 42.8 Å². The number of nitrogen functional groups attached to an aromatic ring is 1. The number of rotatable bonds is 4. The Bertz CT molecular complexity index is 562. The van der Waals surface area contributed by atoms with Gasteiger partial charge in [-0.3, -0.25) is 0 Å². The third-order valence-electron chi connectivity index (χ3n) is 2.99. The van der Waals surface area contributed by atoms with Crippen molar-refractivity contribution >= 4 is 17.6 Å². The molecule has 0 saturated heterocycles. The molecule has 0 saturated carbocycles. The van der Waals surface area contributed by atoms with Crippen LogP contribution in [0, 0.1) is 17.0 Å². The highest BCUT2D eigenvalue weighted by Crippen LogP contribution is 2.34. The SMILES string of the molecule is CC1=C(CCO)SCN1Cc1cnc(C)nc1N.O=[N+]([O-])O. The number of aliphatic hydroxyl groups excluding tert-OH is 1. The molecule has 1 aromatic rings. The van der Waals surface area contributed by atoms with Crippen molar-refractivity contribution in [1.29, 1.82) is 0 Å². The predicted octanol–water partition coefficient (Wildman–Crippen LogP) is 1.14. The van der Waals surface area contributed by atoms with Crippen LogP contribution in [0.2, 0.25) is 0 Å². The maximum absolute atomic E-state index is 8.99. The van der Waals surface area contributed by atoms with E-state index >= 15 is 0 Å². The van der Waals surface area contributed by atoms with Gasteiger partial charge in [-0.1, -0.05) is 0 Å². The summed E-state index contributed by atoms with van der Waals surface area (Å²) in [4.78, 5) is 20.2. The van der Waals surface area contributed by atoms with E-state index in [1.807, 2.05) is 6.92 Å². The Labute approximate surface area is 132 Å². The highest BCUT2D eigenvalue weighted by atomic mass is 32.2. The Hall–Kier alpha value is -2.07. The summed E-state index contributed by atoms with van der Waals surface area (Å²) < 4.78 is 0. The summed E-state index contributed by atoms with van der Waals surface area (Å²) in [6.45, 7) is 4.83. The van der Waals surface area contributed by atoms with E-state index in [0.29, 0.717) is 11.6 Å². The Balaban J connectivity index is 0.000000541. The van der Waals surface area contributed by atoms with Crippen LogP contribution in [0.15, 0.2) is 16.8 Å². The second-order valence-corrected chi connectivity index (χ2v) is 5.56. The van der Waals surface area contributed by atoms with Crippen molar-refractivity contribution in [2.75, 3.05) is 18.2 Å². The van der Waals surface area contributed by atoms with Gasteiger partial charge in [0, 0.05) is 41.9 Å². The smallest absolute Gasteiger partial charge is 0.291 e. The van der Waals surface area contributed by atoms with E-state index in [1.54, 1.807) is 18.0 Å². The summed E-state index contributed by atoms with van der Waals surface area (Å²) in [6, 6.07) is 0. The molecule has 2 heterocycles. The van der Waals surface area contributed by atoms with Crippen molar-refractivity contribution in [2.24, 2.45) is 0 Å². The topological polar surface area (TPSA) is 139 Å². The average Bonchev–Trinajstić information content (AvgIpc) is 2.75. The molecule has 0 aromatic carbocycles. The standard InChI is InChI=1S/C12H18N4OS.HNO3/c1-8-11(3-4-17)18-7-16(8)6-10-5-14-9(2)15-12(10)13;2-1(3)4/h5,17H,3-4,6-7H2,1-2H3,(H2,13,14,15);(H,2,3,4). The lowest BCUT2D eigenvalue weighted by atomic mass is 10.2. The zero-order chi connectivity index (χ0) is 16.7. The van der Waals surface area contributed by atoms with Gasteiger partial charge in [-0.05, 0) is 13.8 Å². The lowest BCUT2D eigenvalue weighted by molar-refractivity contribution is -0.742. The Morgan fingerprint density at radius 2 is 2.18 bits per heavy atom. The number of nitrogens with zero attached hydrogens (tertiary/aromatic N) is 4. The van der Waals surface area contributed by atoms with Gasteiger partial charge in [-0.2, -0.15) is 0 Å². The first kappa shape index (κ1) is 18.0. The number of aliphatic hydroxyl groups is 1. The first-order chi connectivity index (χ1) is 10.3. The van der Waals surface area contributed by atoms with Crippen molar-refractivity contribution in [1.82, 2.24) is 14.9 Å². The Kier molecular flexibility index (Phi) is 6.86. The number of nitrogens with two attached hydrogens (primary N) is 1. The Morgan fingerprint density at radius 1 is 1.55 bits per heavy atom. The van der Waals surface area contributed by atoms with Crippen molar-refractivity contribution < 1.29 is 15.4 Å². The minimum absolute atomic E-state index is 0.198. The number of aromatic nitrogens is 2. The summed E-state index contributed by atoms with van der Waals surface area (Å²) in [5.74, 6) is 2.14. The van der Waals surface area contributed by atoms with Crippen molar-refractivity contribution in [3.8, 4) is 0 Å². The van der Waals surface area contributed by atoms with Crippen LogP contribution < -0.4 is 5.73 Å². The fourth-order valence-corrected chi connectivity index (χ4v) is 3.06. The molecule has 0 atom stereocenters. The highest BCUT2D eigenvalue weighted by Gasteiger charge is 2.20. The quantitative estimate of drug-likeness (QED) is 0.548. The average molecular weight is 329 g/mol. The number of anilines is 1. The van der Waals surface area contributed by atoms with Crippen molar-refractivity contribution in [3.05, 3.63) is 38.3 Å². The molecule has 0 aliphatic carbocycles. The molecule has 0 fully saturated rings. The lowest BCUT2D eigenvalue weighted by Crippen LogP contribution is -2.18. The molecule has 0 bridgehead atoms. The molecular weight excluding hydrogens is 310 g/mol. The van der Waals surface area contributed by atoms with E-state index < -0.39 is 5.09 Å². The zero-order valence-electron chi connectivity index (χ0n) is 12.4. The molecule has 1 aliphatic rings. The van der Waals surface area contributed by atoms with Crippen LogP contribution >= 0.6 is 11.8 Å². The molecule has 1 aromatic heterocycles. The van der Waals surface area contributed by atoms with Gasteiger partial charge >= 0.3 is 0 Å². The van der Waals surface area contributed by atoms with E-state index in [4.69, 9.17) is 26.2 Å². The van der Waals surface area contributed by atoms with Gasteiger partial charge in [0.05, 0.1) is 5.88 Å². The van der Waals surface area contributed by atoms with Crippen LogP contribution in [-0.2, 0) is 6.54 Å². The van der Waals surface area contributed by atoms with Gasteiger partial charge in [0.25, 0.3) is 5.09 Å². The maximum atomic E-state index is 8.99. The summed E-state index contributed by atoms with van der Waals surface area (Å²) >= 11 is 1.78. The fourth-order valence-electron chi connectivity index (χ4n) is 1.89. The van der Waals surface area contributed by atoms with Crippen LogP contribution in [0.3, 0.4) is 0 Å². The van der Waals surface area contributed by atoms with Crippen LogP contribution in [0.1, 0.15) is 24.7 Å². The summed E-state index contributed by atoms with van der Waals surface area (Å²) in [6.07, 6.45) is 2.52. The van der Waals surface area contributed by atoms with Crippen molar-refractivity contribution in [3.63, 3.8) is 0 Å². The lowest BCUT2D eigenvalue weighted by Gasteiger charge is -2.19. The third kappa shape index (κ3) is 5.37. The number of hydrogen-bond donors (Lipinski definition) is 3. The van der Waals surface area contributed by atoms with Gasteiger partial charge in [0.1, 0.15) is 11.6 Å². The molecule has 0 radical (unpaired) electrons. The molecule has 4 N–H and O–H groups in total. The van der Waals surface area contributed by atoms with E-state index in [0.717, 1.165) is 24.4 Å². The summed E-state index contributed by atoms with van der Waals surface area (Å²) in [5.41, 5.74) is 8.06. The molecule has 0 amide bonds. The first-order valence-electron chi connectivity index (χ1n) is 6.44. The van der Waals surface area contributed by atoms with Gasteiger partial charge in [0.2, 0.25) is 0 Å². The normalized spacial score (nSPS) is 13.9. The maximum Gasteiger partial charge on any atom is 0.291 e. The molecular formula is C12H19N5O4S. The van der Waals surface area contributed by atoms with E-state index in [9.17, 15) is 0 Å². The van der Waals surface area contributed by atoms with Gasteiger partial charge in [-0.25, -0.2) is 9.97 Å². The van der Waals surface area contributed by atoms with Crippen LogP contribution in [0.5, 0.6) is 0 Å². The molecule has 1 aliphatic heterocycles. The zero-order valence-corrected chi connectivity index (χ0v) is 13.2. The molecule has 0 unspecified atom stereocenters. The first-order valence-corrected chi connectivity index (χ1v) is 7.43. The van der Waals surface area contributed by atoms with Crippen LogP contribution in [0.25, 0.3) is 0 Å². The van der Waals surface area contributed by atoms with E-state index in [1.165, 1.54) is 10.6 Å². The Morgan fingerprint density at radius 3 is 2.73 bits per heavy atom. The molecule has 9 nitrogen and oxygen atoms in total. The predicted molar refractivity (Wildman–Crippen MR) is 82.4 cm³/mol. The van der Waals surface area contributed by atoms with E-state index in [2.05, 4.69) is 21.8 Å². The summed E-state index contributed by atoms with van der Waals surface area (Å²) in [5, 5.41) is 22.6. The largest absolute Gasteiger partial charge is 0.396 e. The van der Waals surface area contributed by atoms with E-state index in [-0.39, 0.29) is 6.61 Å².